The van der Waals surface area contributed by atoms with E-state index in [4.69, 9.17) is 9.47 Å². The van der Waals surface area contributed by atoms with Crippen LogP contribution in [0.2, 0.25) is 0 Å². The SMILES string of the molecule is CCCCCCCCCC(=O)OCC1=C[C@H]2[C@@H]3C(C)(C)[C@]3(OC(C)=O)C[C@@H](C)[C@]2(O)[C@@H]2C=C(C)C(=O)[C@@]2(O)C1. The maximum atomic E-state index is 13.3. The van der Waals surface area contributed by atoms with Gasteiger partial charge in [-0.1, -0.05) is 78.4 Å². The van der Waals surface area contributed by atoms with Gasteiger partial charge in [0.25, 0.3) is 0 Å². The summed E-state index contributed by atoms with van der Waals surface area (Å²) in [5, 5.41) is 24.3. The Labute approximate surface area is 233 Å². The van der Waals surface area contributed by atoms with E-state index in [0.29, 0.717) is 24.0 Å². The first-order valence-corrected chi connectivity index (χ1v) is 15.0. The zero-order valence-electron chi connectivity index (χ0n) is 24.7. The predicted octanol–water partition coefficient (Wildman–Crippen LogP) is 5.22. The Bertz CT molecular complexity index is 1060. The quantitative estimate of drug-likeness (QED) is 0.208. The van der Waals surface area contributed by atoms with Gasteiger partial charge >= 0.3 is 11.9 Å². The fourth-order valence-corrected chi connectivity index (χ4v) is 8.32. The number of aliphatic hydroxyl groups is 2. The summed E-state index contributed by atoms with van der Waals surface area (Å²) in [6.45, 7) is 11.2. The van der Waals surface area contributed by atoms with Crippen molar-refractivity contribution in [3.63, 3.8) is 0 Å². The molecule has 0 unspecified atom stereocenters. The molecule has 7 atom stereocenters. The molecular weight excluding hydrogens is 496 g/mol. The van der Waals surface area contributed by atoms with Gasteiger partial charge in [-0.2, -0.15) is 0 Å². The van der Waals surface area contributed by atoms with E-state index in [9.17, 15) is 24.6 Å². The van der Waals surface area contributed by atoms with Gasteiger partial charge in [-0.05, 0) is 36.8 Å². The van der Waals surface area contributed by atoms with Crippen LogP contribution in [-0.4, -0.2) is 51.3 Å². The number of ether oxygens (including phenoxy) is 2. The summed E-state index contributed by atoms with van der Waals surface area (Å²) in [7, 11) is 0. The second-order valence-corrected chi connectivity index (χ2v) is 13.3. The summed E-state index contributed by atoms with van der Waals surface area (Å²) in [6, 6.07) is 0. The third-order valence-electron chi connectivity index (χ3n) is 10.4. The zero-order chi connectivity index (χ0) is 28.8. The lowest BCUT2D eigenvalue weighted by Crippen LogP contribution is -2.61. The number of esters is 2. The van der Waals surface area contributed by atoms with Crippen LogP contribution in [0.15, 0.2) is 23.3 Å². The van der Waals surface area contributed by atoms with E-state index in [-0.39, 0.29) is 42.6 Å². The highest BCUT2D eigenvalue weighted by molar-refractivity contribution is 6.04. The first kappa shape index (κ1) is 30.0. The number of carbonyl (C=O) groups excluding carboxylic acids is 3. The Morgan fingerprint density at radius 3 is 2.33 bits per heavy atom. The highest BCUT2D eigenvalue weighted by atomic mass is 16.6. The molecule has 0 aromatic rings. The minimum atomic E-state index is -1.81. The van der Waals surface area contributed by atoms with Gasteiger partial charge in [-0.15, -0.1) is 0 Å². The highest BCUT2D eigenvalue weighted by Crippen LogP contribution is 2.76. The van der Waals surface area contributed by atoms with Crippen molar-refractivity contribution >= 4 is 17.7 Å². The number of rotatable bonds is 11. The second kappa shape index (κ2) is 10.8. The monoisotopic (exact) mass is 544 g/mol. The highest BCUT2D eigenvalue weighted by Gasteiger charge is 2.83. The van der Waals surface area contributed by atoms with E-state index < -0.39 is 34.1 Å². The largest absolute Gasteiger partial charge is 0.461 e. The first-order chi connectivity index (χ1) is 18.3. The van der Waals surface area contributed by atoms with E-state index >= 15 is 0 Å². The number of hydrogen-bond donors (Lipinski definition) is 2. The van der Waals surface area contributed by atoms with E-state index in [1.54, 1.807) is 13.0 Å². The van der Waals surface area contributed by atoms with Crippen molar-refractivity contribution in [1.29, 1.82) is 0 Å². The topological polar surface area (TPSA) is 110 Å². The minimum absolute atomic E-state index is 0.00566. The van der Waals surface area contributed by atoms with E-state index in [2.05, 4.69) is 6.92 Å². The molecule has 0 amide bonds. The van der Waals surface area contributed by atoms with Crippen LogP contribution in [0.4, 0.5) is 0 Å². The smallest absolute Gasteiger partial charge is 0.306 e. The van der Waals surface area contributed by atoms with Gasteiger partial charge in [0.2, 0.25) is 0 Å². The number of ketones is 1. The standard InChI is InChI=1S/C32H48O7/c1-7-8-9-10-11-12-13-14-26(34)38-19-23-16-24-27-29(5,6)31(27,39-22(4)33)17-21(3)32(24,37)25-15-20(2)28(35)30(25,36)18-23/h15-16,21,24-25,27,36-37H,7-14,17-19H2,1-6H3/t21-,24+,25-,27-,30-,31+,32-/m1/s1. The van der Waals surface area contributed by atoms with Crippen molar-refractivity contribution < 1.29 is 34.1 Å². The normalized spacial score (nSPS) is 38.0. The molecule has 4 aliphatic carbocycles. The molecule has 0 aromatic heterocycles. The lowest BCUT2D eigenvalue weighted by atomic mass is 9.60. The molecule has 2 fully saturated rings. The Morgan fingerprint density at radius 1 is 1.05 bits per heavy atom. The van der Waals surface area contributed by atoms with Crippen LogP contribution in [-0.2, 0) is 23.9 Å². The second-order valence-electron chi connectivity index (χ2n) is 13.3. The maximum Gasteiger partial charge on any atom is 0.306 e. The van der Waals surface area contributed by atoms with Crippen LogP contribution in [0.5, 0.6) is 0 Å². The minimum Gasteiger partial charge on any atom is -0.461 e. The van der Waals surface area contributed by atoms with Crippen LogP contribution < -0.4 is 0 Å². The zero-order valence-corrected chi connectivity index (χ0v) is 24.7. The number of fused-ring (bicyclic) bond motifs is 5. The number of Topliss-reactive ketones (excluding diaryl/α,β-unsaturated/α-hetero) is 1. The molecule has 0 spiro atoms. The molecule has 7 heteroatoms. The van der Waals surface area contributed by atoms with Crippen molar-refractivity contribution in [2.45, 2.75) is 123 Å². The molecular formula is C32H48O7. The third-order valence-corrected chi connectivity index (χ3v) is 10.4. The van der Waals surface area contributed by atoms with Crippen molar-refractivity contribution in [2.75, 3.05) is 6.61 Å². The summed E-state index contributed by atoms with van der Waals surface area (Å²) in [5.74, 6) is -2.88. The number of unbranched alkanes of at least 4 members (excludes halogenated alkanes) is 6. The Hall–Kier alpha value is -1.99. The van der Waals surface area contributed by atoms with Gasteiger partial charge in [0.1, 0.15) is 17.8 Å². The van der Waals surface area contributed by atoms with Gasteiger partial charge in [-0.25, -0.2) is 0 Å². The molecule has 218 valence electrons. The number of hydrogen-bond acceptors (Lipinski definition) is 7. The summed E-state index contributed by atoms with van der Waals surface area (Å²) in [6.07, 6.45) is 12.2. The molecule has 0 bridgehead atoms. The van der Waals surface area contributed by atoms with Crippen molar-refractivity contribution in [3.8, 4) is 0 Å². The van der Waals surface area contributed by atoms with Crippen LogP contribution >= 0.6 is 0 Å². The summed E-state index contributed by atoms with van der Waals surface area (Å²) >= 11 is 0. The molecule has 4 rings (SSSR count). The Kier molecular flexibility index (Phi) is 8.28. The Balaban J connectivity index is 1.55. The maximum absolute atomic E-state index is 13.3. The average molecular weight is 545 g/mol. The molecule has 0 aromatic carbocycles. The molecule has 4 aliphatic rings. The van der Waals surface area contributed by atoms with Gasteiger partial charge < -0.3 is 19.7 Å². The van der Waals surface area contributed by atoms with Gasteiger partial charge in [0, 0.05) is 42.9 Å². The van der Waals surface area contributed by atoms with Crippen LogP contribution in [0.3, 0.4) is 0 Å². The molecule has 0 aliphatic heterocycles. The fraction of sp³-hybridized carbons (Fsp3) is 0.781. The van der Waals surface area contributed by atoms with Crippen molar-refractivity contribution in [2.24, 2.45) is 29.1 Å². The fourth-order valence-electron chi connectivity index (χ4n) is 8.32. The third kappa shape index (κ3) is 4.92. The van der Waals surface area contributed by atoms with E-state index in [0.717, 1.165) is 19.3 Å². The van der Waals surface area contributed by atoms with Crippen molar-refractivity contribution in [3.05, 3.63) is 23.3 Å². The molecule has 2 saturated carbocycles. The molecule has 0 radical (unpaired) electrons. The predicted molar refractivity (Wildman–Crippen MR) is 147 cm³/mol. The van der Waals surface area contributed by atoms with Gasteiger partial charge in [0.15, 0.2) is 5.78 Å². The summed E-state index contributed by atoms with van der Waals surface area (Å²) in [4.78, 5) is 38.0. The van der Waals surface area contributed by atoms with Crippen LogP contribution in [0, 0.1) is 29.1 Å². The van der Waals surface area contributed by atoms with Gasteiger partial charge in [-0.3, -0.25) is 14.4 Å². The molecule has 2 N–H and O–H groups in total. The summed E-state index contributed by atoms with van der Waals surface area (Å²) in [5.41, 5.74) is -3.30. The summed E-state index contributed by atoms with van der Waals surface area (Å²) < 4.78 is 11.6. The average Bonchev–Trinajstić information content (AvgIpc) is 3.25. The number of carbonyl (C=O) groups is 3. The first-order valence-electron chi connectivity index (χ1n) is 15.0. The lowest BCUT2D eigenvalue weighted by molar-refractivity contribution is -0.186. The molecule has 7 nitrogen and oxygen atoms in total. The van der Waals surface area contributed by atoms with Gasteiger partial charge in [0.05, 0.1) is 5.60 Å². The Morgan fingerprint density at radius 2 is 1.69 bits per heavy atom. The van der Waals surface area contributed by atoms with Crippen LogP contribution in [0.1, 0.15) is 106 Å². The van der Waals surface area contributed by atoms with E-state index in [1.165, 1.54) is 32.6 Å². The van der Waals surface area contributed by atoms with Crippen LogP contribution in [0.25, 0.3) is 0 Å². The van der Waals surface area contributed by atoms with Crippen molar-refractivity contribution in [1.82, 2.24) is 0 Å². The molecule has 0 heterocycles. The molecule has 0 saturated heterocycles. The molecule has 39 heavy (non-hydrogen) atoms. The van der Waals surface area contributed by atoms with E-state index in [1.807, 2.05) is 26.8 Å². The lowest BCUT2D eigenvalue weighted by Gasteiger charge is -2.50.